The molecule has 1 saturated carbocycles. The number of ether oxygens (including phenoxy) is 3. The lowest BCUT2D eigenvalue weighted by Gasteiger charge is -2.17. The lowest BCUT2D eigenvalue weighted by molar-refractivity contribution is -0.330. The molecule has 3 atom stereocenters. The molecule has 0 unspecified atom stereocenters. The van der Waals surface area contributed by atoms with Crippen LogP contribution in [0.5, 0.6) is 0 Å². The molecule has 3 N–H and O–H groups in total. The number of carbonyl (C=O) groups is 1. The van der Waals surface area contributed by atoms with Crippen molar-refractivity contribution in [3.63, 3.8) is 0 Å². The van der Waals surface area contributed by atoms with Gasteiger partial charge in [0.1, 0.15) is 24.3 Å². The van der Waals surface area contributed by atoms with E-state index in [-0.39, 0.29) is 46.4 Å². The molecule has 3 aromatic rings. The number of amides is 1. The molecule has 16 heteroatoms. The minimum Gasteiger partial charge on any atom is -0.441 e. The predicted molar refractivity (Wildman–Crippen MR) is 115 cm³/mol. The van der Waals surface area contributed by atoms with E-state index in [0.29, 0.717) is 0 Å². The van der Waals surface area contributed by atoms with Gasteiger partial charge in [0, 0.05) is 11.6 Å². The third-order valence-electron chi connectivity index (χ3n) is 5.90. The van der Waals surface area contributed by atoms with E-state index in [1.807, 2.05) is 13.0 Å². The highest BCUT2D eigenvalue weighted by Gasteiger charge is 2.44. The van der Waals surface area contributed by atoms with Gasteiger partial charge in [-0.15, -0.1) is 13.2 Å². The van der Waals surface area contributed by atoms with Gasteiger partial charge in [0.15, 0.2) is 29.6 Å². The highest BCUT2D eigenvalue weighted by Crippen LogP contribution is 2.36. The topological polar surface area (TPSA) is 151 Å². The number of nitrogens with zero attached hydrogens (tertiary/aromatic N) is 5. The number of H-pyrrole nitrogens is 1. The molecule has 2 aliphatic rings. The van der Waals surface area contributed by atoms with Crippen LogP contribution < -0.4 is 10.6 Å². The first-order valence-electron chi connectivity index (χ1n) is 11.1. The van der Waals surface area contributed by atoms with Crippen molar-refractivity contribution in [2.75, 3.05) is 11.9 Å². The van der Waals surface area contributed by atoms with Gasteiger partial charge in [-0.05, 0) is 25.8 Å². The number of alkyl halides is 4. The zero-order valence-corrected chi connectivity index (χ0v) is 19.2. The third-order valence-corrected chi connectivity index (χ3v) is 5.90. The van der Waals surface area contributed by atoms with Crippen LogP contribution in [0.4, 0.5) is 34.0 Å². The fraction of sp³-hybridized carbons (Fsp3) is 0.476. The Balaban J connectivity index is 1.29. The zero-order chi connectivity index (χ0) is 26.4. The third kappa shape index (κ3) is 5.57. The first kappa shape index (κ1) is 24.7. The standard InChI is InChI=1S/C21H20F4N8O4/c1-20(2-3-20)29-19(34)37-14-9-35-17(16(14)22)12-5-15(31-30-12)28-18-13-4-10(8-36-21(23,24)25)32-33(13)7-11(6-26)27-18/h4-5,7,14,16-17H,2-3,8-9H2,1H3,(H,29,34)(H2,27,28,30,31)/t14-,16-,17-/m1/s1. The number of carbonyl (C=O) groups excluding carboxylic acids is 1. The first-order valence-corrected chi connectivity index (χ1v) is 11.1. The van der Waals surface area contributed by atoms with Crippen molar-refractivity contribution < 1.29 is 36.6 Å². The number of halogens is 4. The molecule has 1 saturated heterocycles. The van der Waals surface area contributed by atoms with E-state index in [0.717, 1.165) is 12.8 Å². The first-order chi connectivity index (χ1) is 17.5. The van der Waals surface area contributed by atoms with Crippen molar-refractivity contribution in [3.05, 3.63) is 35.4 Å². The van der Waals surface area contributed by atoms with Crippen molar-refractivity contribution in [1.82, 2.24) is 30.1 Å². The molecule has 12 nitrogen and oxygen atoms in total. The number of nitriles is 1. The van der Waals surface area contributed by atoms with Gasteiger partial charge in [0.2, 0.25) is 0 Å². The molecule has 2 fully saturated rings. The maximum Gasteiger partial charge on any atom is 0.522 e. The Labute approximate surface area is 205 Å². The average molecular weight is 524 g/mol. The number of aromatic nitrogens is 5. The Morgan fingerprint density at radius 1 is 1.41 bits per heavy atom. The summed E-state index contributed by atoms with van der Waals surface area (Å²) in [6.45, 7) is 0.879. The summed E-state index contributed by atoms with van der Waals surface area (Å²) in [7, 11) is 0. The smallest absolute Gasteiger partial charge is 0.441 e. The minimum absolute atomic E-state index is 0.0506. The summed E-state index contributed by atoms with van der Waals surface area (Å²) < 4.78 is 67.8. The van der Waals surface area contributed by atoms with E-state index >= 15 is 0 Å². The highest BCUT2D eigenvalue weighted by atomic mass is 19.4. The molecule has 37 heavy (non-hydrogen) atoms. The van der Waals surface area contributed by atoms with Crippen molar-refractivity contribution in [2.45, 2.75) is 56.7 Å². The van der Waals surface area contributed by atoms with Crippen LogP contribution >= 0.6 is 0 Å². The van der Waals surface area contributed by atoms with Crippen molar-refractivity contribution in [2.24, 2.45) is 0 Å². The number of hydrogen-bond acceptors (Lipinski definition) is 9. The van der Waals surface area contributed by atoms with Gasteiger partial charge in [-0.2, -0.15) is 15.5 Å². The van der Waals surface area contributed by atoms with E-state index in [1.165, 1.54) is 22.8 Å². The average Bonchev–Trinajstić information content (AvgIpc) is 3.19. The van der Waals surface area contributed by atoms with Crippen LogP contribution in [-0.4, -0.2) is 61.7 Å². The minimum atomic E-state index is -4.84. The Bertz CT molecular complexity index is 1360. The van der Waals surface area contributed by atoms with Gasteiger partial charge in [0.25, 0.3) is 0 Å². The molecule has 0 spiro atoms. The molecule has 1 aliphatic heterocycles. The largest absolute Gasteiger partial charge is 0.522 e. The molecule has 4 heterocycles. The van der Waals surface area contributed by atoms with E-state index in [4.69, 9.17) is 9.47 Å². The number of rotatable bonds is 7. The SMILES string of the molecule is CC1(NC(=O)O[C@@H]2CO[C@H](c3cc(Nc4nc(C#N)cn5nc(COC(F)(F)F)cc45)n[nH]3)[C@@H]2F)CC1. The summed E-state index contributed by atoms with van der Waals surface area (Å²) in [6, 6.07) is 4.58. The molecule has 3 aromatic heterocycles. The lowest BCUT2D eigenvalue weighted by atomic mass is 10.1. The summed E-state index contributed by atoms with van der Waals surface area (Å²) in [5.41, 5.74) is 0.0589. The molecule has 0 bridgehead atoms. The molecule has 0 aromatic carbocycles. The number of hydrogen-bond donors (Lipinski definition) is 3. The molecular formula is C21H20F4N8O4. The lowest BCUT2D eigenvalue weighted by Crippen LogP contribution is -2.39. The Morgan fingerprint density at radius 3 is 2.89 bits per heavy atom. The van der Waals surface area contributed by atoms with Gasteiger partial charge in [-0.25, -0.2) is 18.7 Å². The number of anilines is 2. The maximum absolute atomic E-state index is 15.0. The van der Waals surface area contributed by atoms with Gasteiger partial charge < -0.3 is 20.1 Å². The van der Waals surface area contributed by atoms with Gasteiger partial charge >= 0.3 is 12.5 Å². The Kier molecular flexibility index (Phi) is 6.12. The fourth-order valence-electron chi connectivity index (χ4n) is 3.75. The number of aromatic amines is 1. The van der Waals surface area contributed by atoms with Gasteiger partial charge in [0.05, 0.1) is 24.2 Å². The van der Waals surface area contributed by atoms with E-state index in [1.54, 1.807) is 0 Å². The zero-order valence-electron chi connectivity index (χ0n) is 19.2. The second-order valence-corrected chi connectivity index (χ2v) is 8.95. The second-order valence-electron chi connectivity index (χ2n) is 8.95. The Hall–Kier alpha value is -3.97. The van der Waals surface area contributed by atoms with Gasteiger partial charge in [-0.3, -0.25) is 9.84 Å². The van der Waals surface area contributed by atoms with E-state index < -0.39 is 37.4 Å². The Morgan fingerprint density at radius 2 is 2.19 bits per heavy atom. The van der Waals surface area contributed by atoms with Crippen LogP contribution in [0.15, 0.2) is 18.3 Å². The van der Waals surface area contributed by atoms with Crippen LogP contribution in [-0.2, 0) is 20.8 Å². The summed E-state index contributed by atoms with van der Waals surface area (Å²) >= 11 is 0. The van der Waals surface area contributed by atoms with Crippen LogP contribution in [0.3, 0.4) is 0 Å². The summed E-state index contributed by atoms with van der Waals surface area (Å²) in [6.07, 6.45) is -6.50. The van der Waals surface area contributed by atoms with Crippen LogP contribution in [0.2, 0.25) is 0 Å². The summed E-state index contributed by atoms with van der Waals surface area (Å²) in [4.78, 5) is 16.1. The molecule has 5 rings (SSSR count). The van der Waals surface area contributed by atoms with E-state index in [9.17, 15) is 27.6 Å². The predicted octanol–water partition coefficient (Wildman–Crippen LogP) is 3.16. The number of nitrogens with one attached hydrogen (secondary N) is 3. The molecule has 1 amide bonds. The van der Waals surface area contributed by atoms with Crippen LogP contribution in [0, 0.1) is 11.3 Å². The number of alkyl carbamates (subject to hydrolysis) is 1. The highest BCUT2D eigenvalue weighted by molar-refractivity contribution is 5.73. The quantitative estimate of drug-likeness (QED) is 0.396. The van der Waals surface area contributed by atoms with Crippen LogP contribution in [0.25, 0.3) is 5.52 Å². The normalized spacial score (nSPS) is 22.5. The molecular weight excluding hydrogens is 504 g/mol. The van der Waals surface area contributed by atoms with Crippen molar-refractivity contribution in [3.8, 4) is 6.07 Å². The molecule has 196 valence electrons. The molecule has 1 aliphatic carbocycles. The fourth-order valence-corrected chi connectivity index (χ4v) is 3.75. The molecule has 0 radical (unpaired) electrons. The van der Waals surface area contributed by atoms with Crippen LogP contribution in [0.1, 0.15) is 43.0 Å². The monoisotopic (exact) mass is 524 g/mol. The summed E-state index contributed by atoms with van der Waals surface area (Å²) in [5.74, 6) is 0.229. The van der Waals surface area contributed by atoms with Gasteiger partial charge in [-0.1, -0.05) is 0 Å². The second kappa shape index (κ2) is 9.16. The van der Waals surface area contributed by atoms with E-state index in [2.05, 4.69) is 35.7 Å². The van der Waals surface area contributed by atoms with Crippen molar-refractivity contribution in [1.29, 1.82) is 5.26 Å². The summed E-state index contributed by atoms with van der Waals surface area (Å²) in [5, 5.41) is 25.5. The van der Waals surface area contributed by atoms with Crippen molar-refractivity contribution >= 4 is 23.2 Å². The maximum atomic E-state index is 15.0. The number of fused-ring (bicyclic) bond motifs is 1.